The molecule has 0 unspecified atom stereocenters. The molecule has 222 valence electrons. The summed E-state index contributed by atoms with van der Waals surface area (Å²) in [7, 11) is 4.85. The SMILES string of the molecule is CNC[C@H](Cc1cccc2ccccc12)NC[C@H](Cc1cccc2ccccc12)NC(=O)c1cc(OC)c(O)c(OC)c1. The number of benzene rings is 5. The summed E-state index contributed by atoms with van der Waals surface area (Å²) in [4.78, 5) is 13.6. The molecule has 0 aliphatic heterocycles. The zero-order valence-corrected chi connectivity index (χ0v) is 24.9. The summed E-state index contributed by atoms with van der Waals surface area (Å²) in [5.41, 5.74) is 2.78. The number of rotatable bonds is 13. The van der Waals surface area contributed by atoms with E-state index in [9.17, 15) is 9.90 Å². The molecule has 7 nitrogen and oxygen atoms in total. The van der Waals surface area contributed by atoms with E-state index < -0.39 is 0 Å². The Hall–Kier alpha value is -4.59. The summed E-state index contributed by atoms with van der Waals surface area (Å²) in [6.07, 6.45) is 1.47. The molecule has 5 aromatic carbocycles. The second-order valence-electron chi connectivity index (χ2n) is 10.7. The van der Waals surface area contributed by atoms with Gasteiger partial charge in [-0.15, -0.1) is 0 Å². The lowest BCUT2D eigenvalue weighted by Gasteiger charge is -2.25. The molecule has 4 N–H and O–H groups in total. The second kappa shape index (κ2) is 14.1. The van der Waals surface area contributed by atoms with E-state index in [2.05, 4.69) is 88.7 Å². The number of fused-ring (bicyclic) bond motifs is 2. The van der Waals surface area contributed by atoms with Crippen LogP contribution in [-0.4, -0.2) is 57.5 Å². The van der Waals surface area contributed by atoms with Crippen molar-refractivity contribution < 1.29 is 19.4 Å². The highest BCUT2D eigenvalue weighted by atomic mass is 16.5. The molecule has 0 fully saturated rings. The van der Waals surface area contributed by atoms with Crippen molar-refractivity contribution >= 4 is 27.5 Å². The minimum Gasteiger partial charge on any atom is -0.502 e. The monoisotopic (exact) mass is 577 g/mol. The number of carbonyl (C=O) groups is 1. The highest BCUT2D eigenvalue weighted by Gasteiger charge is 2.21. The maximum absolute atomic E-state index is 13.6. The first-order valence-electron chi connectivity index (χ1n) is 14.6. The van der Waals surface area contributed by atoms with Crippen LogP contribution in [-0.2, 0) is 12.8 Å². The first-order valence-corrected chi connectivity index (χ1v) is 14.6. The van der Waals surface area contributed by atoms with Gasteiger partial charge < -0.3 is 30.5 Å². The Labute approximate surface area is 252 Å². The molecule has 0 heterocycles. The van der Waals surface area contributed by atoms with Crippen LogP contribution in [0.3, 0.4) is 0 Å². The van der Waals surface area contributed by atoms with Crippen molar-refractivity contribution in [3.63, 3.8) is 0 Å². The molecular formula is C36H39N3O4. The molecule has 0 radical (unpaired) electrons. The summed E-state index contributed by atoms with van der Waals surface area (Å²) in [5.74, 6) is -0.0588. The molecule has 0 spiro atoms. The third-order valence-electron chi connectivity index (χ3n) is 7.87. The van der Waals surface area contributed by atoms with Gasteiger partial charge in [-0.1, -0.05) is 84.9 Å². The first-order chi connectivity index (χ1) is 21.0. The Morgan fingerprint density at radius 2 is 1.23 bits per heavy atom. The quantitative estimate of drug-likeness (QED) is 0.148. The lowest BCUT2D eigenvalue weighted by molar-refractivity contribution is 0.0935. The van der Waals surface area contributed by atoms with Gasteiger partial charge in [-0.25, -0.2) is 0 Å². The van der Waals surface area contributed by atoms with Crippen LogP contribution in [0.25, 0.3) is 21.5 Å². The van der Waals surface area contributed by atoms with Crippen molar-refractivity contribution in [1.29, 1.82) is 0 Å². The van der Waals surface area contributed by atoms with E-state index in [-0.39, 0.29) is 35.2 Å². The van der Waals surface area contributed by atoms with Crippen molar-refractivity contribution in [1.82, 2.24) is 16.0 Å². The highest BCUT2D eigenvalue weighted by Crippen LogP contribution is 2.37. The fraction of sp³-hybridized carbons (Fsp3) is 0.250. The van der Waals surface area contributed by atoms with Crippen LogP contribution < -0.4 is 25.4 Å². The minimum absolute atomic E-state index is 0.136. The fourth-order valence-corrected chi connectivity index (χ4v) is 5.71. The summed E-state index contributed by atoms with van der Waals surface area (Å²) >= 11 is 0. The number of phenolic OH excluding ortho intramolecular Hbond substituents is 1. The Morgan fingerprint density at radius 3 is 1.77 bits per heavy atom. The molecule has 5 aromatic rings. The molecule has 0 saturated carbocycles. The summed E-state index contributed by atoms with van der Waals surface area (Å²) in [6, 6.07) is 32.4. The predicted octanol–water partition coefficient (Wildman–Crippen LogP) is 5.48. The zero-order chi connectivity index (χ0) is 30.2. The molecule has 43 heavy (non-hydrogen) atoms. The number of carbonyl (C=O) groups excluding carboxylic acids is 1. The molecule has 0 aromatic heterocycles. The third-order valence-corrected chi connectivity index (χ3v) is 7.87. The van der Waals surface area contributed by atoms with Crippen LogP contribution in [0.1, 0.15) is 21.5 Å². The van der Waals surface area contributed by atoms with Gasteiger partial charge in [0.1, 0.15) is 0 Å². The standard InChI is InChI=1S/C36H39N3O4/c1-37-22-29(18-26-14-8-12-24-10-4-6-16-31(24)26)38-23-30(19-27-15-9-13-25-11-5-7-17-32(25)27)39-36(41)28-20-33(42-2)35(40)34(21-28)43-3/h4-17,20-21,29-30,37-38,40H,18-19,22-23H2,1-3H3,(H,39,41)/t29-,30-/m0/s1. The summed E-state index contributed by atoms with van der Waals surface area (Å²) < 4.78 is 10.6. The molecule has 0 saturated heterocycles. The number of amides is 1. The number of hydrogen-bond acceptors (Lipinski definition) is 6. The van der Waals surface area contributed by atoms with Crippen molar-refractivity contribution in [2.24, 2.45) is 0 Å². The van der Waals surface area contributed by atoms with Crippen molar-refractivity contribution in [3.05, 3.63) is 114 Å². The van der Waals surface area contributed by atoms with Crippen LogP contribution in [0.5, 0.6) is 17.2 Å². The van der Waals surface area contributed by atoms with Crippen molar-refractivity contribution in [3.8, 4) is 17.2 Å². The lowest BCUT2D eigenvalue weighted by Crippen LogP contribution is -2.48. The van der Waals surface area contributed by atoms with Crippen molar-refractivity contribution in [2.45, 2.75) is 24.9 Å². The Kier molecular flexibility index (Phi) is 9.77. The molecule has 0 aliphatic rings. The third kappa shape index (κ3) is 7.08. The average Bonchev–Trinajstić information content (AvgIpc) is 3.04. The number of likely N-dealkylation sites (N-methyl/N-ethyl adjacent to an activating group) is 1. The van der Waals surface area contributed by atoms with Gasteiger partial charge >= 0.3 is 0 Å². The molecule has 0 bridgehead atoms. The number of aromatic hydroxyl groups is 1. The molecule has 2 atom stereocenters. The van der Waals surface area contributed by atoms with E-state index >= 15 is 0 Å². The van der Waals surface area contributed by atoms with Gasteiger partial charge in [0.25, 0.3) is 5.91 Å². The fourth-order valence-electron chi connectivity index (χ4n) is 5.71. The maximum Gasteiger partial charge on any atom is 0.251 e. The maximum atomic E-state index is 13.6. The van der Waals surface area contributed by atoms with Gasteiger partial charge in [-0.3, -0.25) is 4.79 Å². The topological polar surface area (TPSA) is 91.9 Å². The molecule has 0 aliphatic carbocycles. The van der Waals surface area contributed by atoms with Crippen LogP contribution in [0.15, 0.2) is 97.1 Å². The van der Waals surface area contributed by atoms with Gasteiger partial charge in [0.05, 0.1) is 14.2 Å². The predicted molar refractivity (Wildman–Crippen MR) is 173 cm³/mol. The minimum atomic E-state index is -0.275. The zero-order valence-electron chi connectivity index (χ0n) is 24.9. The van der Waals surface area contributed by atoms with E-state index in [0.717, 1.165) is 23.9 Å². The largest absolute Gasteiger partial charge is 0.502 e. The molecular weight excluding hydrogens is 538 g/mol. The lowest BCUT2D eigenvalue weighted by atomic mass is 9.97. The van der Waals surface area contributed by atoms with Gasteiger partial charge in [-0.05, 0) is 64.7 Å². The Morgan fingerprint density at radius 1 is 0.721 bits per heavy atom. The number of methoxy groups -OCH3 is 2. The normalized spacial score (nSPS) is 12.6. The van der Waals surface area contributed by atoms with Gasteiger partial charge in [0.2, 0.25) is 5.75 Å². The van der Waals surface area contributed by atoms with E-state index in [1.54, 1.807) is 0 Å². The number of phenols is 1. The van der Waals surface area contributed by atoms with E-state index in [1.165, 1.54) is 48.1 Å². The van der Waals surface area contributed by atoms with E-state index in [1.807, 2.05) is 19.2 Å². The smallest absolute Gasteiger partial charge is 0.251 e. The number of hydrogen-bond donors (Lipinski definition) is 4. The molecule has 7 heteroatoms. The van der Waals surface area contributed by atoms with Gasteiger partial charge in [-0.2, -0.15) is 0 Å². The number of ether oxygens (including phenoxy) is 2. The van der Waals surface area contributed by atoms with Crippen LogP contribution in [0.2, 0.25) is 0 Å². The van der Waals surface area contributed by atoms with E-state index in [0.29, 0.717) is 18.5 Å². The molecule has 5 rings (SSSR count). The average molecular weight is 578 g/mol. The molecule has 1 amide bonds. The number of nitrogens with one attached hydrogen (secondary N) is 3. The van der Waals surface area contributed by atoms with Crippen LogP contribution in [0, 0.1) is 0 Å². The van der Waals surface area contributed by atoms with Gasteiger partial charge in [0.15, 0.2) is 11.5 Å². The summed E-state index contributed by atoms with van der Waals surface area (Å²) in [6.45, 7) is 1.32. The van der Waals surface area contributed by atoms with Crippen LogP contribution >= 0.6 is 0 Å². The highest BCUT2D eigenvalue weighted by molar-refractivity contribution is 5.96. The van der Waals surface area contributed by atoms with Crippen molar-refractivity contribution in [2.75, 3.05) is 34.4 Å². The Bertz CT molecular complexity index is 1670. The first kappa shape index (κ1) is 29.9. The van der Waals surface area contributed by atoms with Gasteiger partial charge in [0, 0.05) is 30.7 Å². The van der Waals surface area contributed by atoms with Crippen LogP contribution in [0.4, 0.5) is 0 Å². The second-order valence-corrected chi connectivity index (χ2v) is 10.7. The Balaban J connectivity index is 1.40. The summed E-state index contributed by atoms with van der Waals surface area (Å²) in [5, 5.41) is 25.5. The van der Waals surface area contributed by atoms with E-state index in [4.69, 9.17) is 9.47 Å².